The highest BCUT2D eigenvalue weighted by Gasteiger charge is 2.08. The lowest BCUT2D eigenvalue weighted by molar-refractivity contribution is 0.557. The standard InChI is InChI=1S/C18H16N2O/c1-13-7-9-15(10-8-13)11-12-17-19-20-18(21-17)16-6-4-3-5-14(16)2/h3-12H,1-2H3/b12-11+. The fourth-order valence-corrected chi connectivity index (χ4v) is 2.07. The number of nitrogens with zero attached hydrogens (tertiary/aromatic N) is 2. The fraction of sp³-hybridized carbons (Fsp3) is 0.111. The molecule has 0 unspecified atom stereocenters. The van der Waals surface area contributed by atoms with Crippen LogP contribution in [-0.2, 0) is 0 Å². The highest BCUT2D eigenvalue weighted by molar-refractivity contribution is 5.67. The Balaban J connectivity index is 1.82. The molecule has 1 aromatic heterocycles. The summed E-state index contributed by atoms with van der Waals surface area (Å²) in [5, 5.41) is 8.17. The molecule has 3 nitrogen and oxygen atoms in total. The summed E-state index contributed by atoms with van der Waals surface area (Å²) >= 11 is 0. The van der Waals surface area contributed by atoms with E-state index in [9.17, 15) is 0 Å². The van der Waals surface area contributed by atoms with Crippen LogP contribution in [0.1, 0.15) is 22.6 Å². The van der Waals surface area contributed by atoms with Crippen molar-refractivity contribution in [2.45, 2.75) is 13.8 Å². The molecule has 104 valence electrons. The van der Waals surface area contributed by atoms with Gasteiger partial charge < -0.3 is 4.42 Å². The van der Waals surface area contributed by atoms with Crippen LogP contribution in [-0.4, -0.2) is 10.2 Å². The Labute approximate surface area is 124 Å². The summed E-state index contributed by atoms with van der Waals surface area (Å²) in [5.74, 6) is 1.06. The SMILES string of the molecule is Cc1ccc(/C=C/c2nnc(-c3ccccc3C)o2)cc1. The maximum Gasteiger partial charge on any atom is 0.248 e. The smallest absolute Gasteiger partial charge is 0.248 e. The topological polar surface area (TPSA) is 38.9 Å². The molecule has 0 aliphatic heterocycles. The number of rotatable bonds is 3. The molecule has 3 heteroatoms. The molecule has 1 heterocycles. The molecule has 0 spiro atoms. The molecule has 0 saturated heterocycles. The second kappa shape index (κ2) is 5.75. The van der Waals surface area contributed by atoms with Crippen LogP contribution in [0.2, 0.25) is 0 Å². The molecule has 0 saturated carbocycles. The molecule has 21 heavy (non-hydrogen) atoms. The van der Waals surface area contributed by atoms with Gasteiger partial charge in [0.2, 0.25) is 11.8 Å². The van der Waals surface area contributed by atoms with Gasteiger partial charge in [-0.3, -0.25) is 0 Å². The minimum Gasteiger partial charge on any atom is -0.417 e. The van der Waals surface area contributed by atoms with Crippen molar-refractivity contribution in [3.05, 3.63) is 71.1 Å². The van der Waals surface area contributed by atoms with Crippen molar-refractivity contribution in [1.29, 1.82) is 0 Å². The van der Waals surface area contributed by atoms with Crippen molar-refractivity contribution in [3.63, 3.8) is 0 Å². The molecule has 0 radical (unpaired) electrons. The molecular weight excluding hydrogens is 260 g/mol. The Hall–Kier alpha value is -2.68. The molecule has 3 aromatic rings. The lowest BCUT2D eigenvalue weighted by Gasteiger charge is -1.98. The van der Waals surface area contributed by atoms with Crippen molar-refractivity contribution >= 4 is 12.2 Å². The van der Waals surface area contributed by atoms with Crippen LogP contribution in [0.25, 0.3) is 23.6 Å². The molecule has 0 aliphatic carbocycles. The van der Waals surface area contributed by atoms with Crippen LogP contribution < -0.4 is 0 Å². The highest BCUT2D eigenvalue weighted by Crippen LogP contribution is 2.22. The van der Waals surface area contributed by atoms with Crippen LogP contribution in [0, 0.1) is 13.8 Å². The summed E-state index contributed by atoms with van der Waals surface area (Å²) in [7, 11) is 0. The van der Waals surface area contributed by atoms with Crippen molar-refractivity contribution in [1.82, 2.24) is 10.2 Å². The first-order chi connectivity index (χ1) is 10.2. The van der Waals surface area contributed by atoms with Gasteiger partial charge in [-0.2, -0.15) is 0 Å². The third-order valence-corrected chi connectivity index (χ3v) is 3.31. The summed E-state index contributed by atoms with van der Waals surface area (Å²) in [6.07, 6.45) is 3.80. The highest BCUT2D eigenvalue weighted by atomic mass is 16.4. The van der Waals surface area contributed by atoms with Crippen LogP contribution >= 0.6 is 0 Å². The van der Waals surface area contributed by atoms with E-state index in [1.165, 1.54) is 5.56 Å². The van der Waals surface area contributed by atoms with E-state index in [0.29, 0.717) is 11.8 Å². The van der Waals surface area contributed by atoms with E-state index in [-0.39, 0.29) is 0 Å². The van der Waals surface area contributed by atoms with Gasteiger partial charge in [0.1, 0.15) is 0 Å². The Morgan fingerprint density at radius 1 is 0.857 bits per heavy atom. The Morgan fingerprint density at radius 3 is 2.38 bits per heavy atom. The summed E-state index contributed by atoms with van der Waals surface area (Å²) in [5.41, 5.74) is 4.44. The molecule has 0 amide bonds. The van der Waals surface area contributed by atoms with Crippen molar-refractivity contribution < 1.29 is 4.42 Å². The van der Waals surface area contributed by atoms with E-state index >= 15 is 0 Å². The van der Waals surface area contributed by atoms with Gasteiger partial charge in [0.15, 0.2) is 0 Å². The third-order valence-electron chi connectivity index (χ3n) is 3.31. The Kier molecular flexibility index (Phi) is 3.65. The zero-order chi connectivity index (χ0) is 14.7. The second-order valence-electron chi connectivity index (χ2n) is 5.00. The minimum absolute atomic E-state index is 0.508. The molecule has 0 N–H and O–H groups in total. The molecule has 0 bridgehead atoms. The van der Waals surface area contributed by atoms with Crippen molar-refractivity contribution in [2.75, 3.05) is 0 Å². The molecule has 2 aromatic carbocycles. The third kappa shape index (κ3) is 3.08. The van der Waals surface area contributed by atoms with Gasteiger partial charge in [-0.05, 0) is 37.1 Å². The lowest BCUT2D eigenvalue weighted by Crippen LogP contribution is -1.81. The monoisotopic (exact) mass is 276 g/mol. The largest absolute Gasteiger partial charge is 0.417 e. The van der Waals surface area contributed by atoms with Crippen LogP contribution in [0.5, 0.6) is 0 Å². The summed E-state index contributed by atoms with van der Waals surface area (Å²) in [6, 6.07) is 16.2. The fourth-order valence-electron chi connectivity index (χ4n) is 2.07. The van der Waals surface area contributed by atoms with Crippen LogP contribution in [0.3, 0.4) is 0 Å². The van der Waals surface area contributed by atoms with Gasteiger partial charge >= 0.3 is 0 Å². The van der Waals surface area contributed by atoms with E-state index in [0.717, 1.165) is 16.7 Å². The zero-order valence-electron chi connectivity index (χ0n) is 12.1. The first-order valence-electron chi connectivity index (χ1n) is 6.86. The number of aromatic nitrogens is 2. The van der Waals surface area contributed by atoms with E-state index in [1.54, 1.807) is 0 Å². The normalized spacial score (nSPS) is 11.1. The van der Waals surface area contributed by atoms with Crippen molar-refractivity contribution in [3.8, 4) is 11.5 Å². The van der Waals surface area contributed by atoms with Crippen LogP contribution in [0.15, 0.2) is 52.9 Å². The lowest BCUT2D eigenvalue weighted by atomic mass is 10.1. The molecule has 3 rings (SSSR count). The van der Waals surface area contributed by atoms with E-state index in [1.807, 2.05) is 43.3 Å². The Morgan fingerprint density at radius 2 is 1.62 bits per heavy atom. The predicted octanol–water partition coefficient (Wildman–Crippen LogP) is 4.52. The molecule has 0 atom stereocenters. The number of hydrogen-bond donors (Lipinski definition) is 0. The van der Waals surface area contributed by atoms with E-state index in [2.05, 4.69) is 41.4 Å². The average Bonchev–Trinajstić information content (AvgIpc) is 2.96. The molecule has 0 fully saturated rings. The average molecular weight is 276 g/mol. The van der Waals surface area contributed by atoms with Crippen LogP contribution in [0.4, 0.5) is 0 Å². The van der Waals surface area contributed by atoms with Gasteiger partial charge in [0, 0.05) is 11.6 Å². The number of hydrogen-bond acceptors (Lipinski definition) is 3. The minimum atomic E-state index is 0.508. The zero-order valence-corrected chi connectivity index (χ0v) is 12.1. The number of aryl methyl sites for hydroxylation is 2. The van der Waals surface area contributed by atoms with Gasteiger partial charge in [-0.1, -0.05) is 48.0 Å². The maximum absolute atomic E-state index is 5.69. The van der Waals surface area contributed by atoms with Gasteiger partial charge in [-0.15, -0.1) is 10.2 Å². The van der Waals surface area contributed by atoms with E-state index in [4.69, 9.17) is 4.42 Å². The first kappa shape index (κ1) is 13.3. The van der Waals surface area contributed by atoms with Gasteiger partial charge in [-0.25, -0.2) is 0 Å². The number of benzene rings is 2. The first-order valence-corrected chi connectivity index (χ1v) is 6.86. The Bertz CT molecular complexity index is 770. The summed E-state index contributed by atoms with van der Waals surface area (Å²) in [6.45, 7) is 4.10. The van der Waals surface area contributed by atoms with Crippen molar-refractivity contribution in [2.24, 2.45) is 0 Å². The second-order valence-corrected chi connectivity index (χ2v) is 5.00. The molecular formula is C18H16N2O. The summed E-state index contributed by atoms with van der Waals surface area (Å²) < 4.78 is 5.69. The summed E-state index contributed by atoms with van der Waals surface area (Å²) in [4.78, 5) is 0. The van der Waals surface area contributed by atoms with E-state index < -0.39 is 0 Å². The van der Waals surface area contributed by atoms with Gasteiger partial charge in [0.25, 0.3) is 0 Å². The van der Waals surface area contributed by atoms with Gasteiger partial charge in [0.05, 0.1) is 0 Å². The quantitative estimate of drug-likeness (QED) is 0.705. The predicted molar refractivity (Wildman–Crippen MR) is 84.6 cm³/mol. The molecule has 0 aliphatic rings. The maximum atomic E-state index is 5.69.